The number of nitrogens with one attached hydrogen (secondary N) is 2. The van der Waals surface area contributed by atoms with Crippen molar-refractivity contribution in [1.82, 2.24) is 10.2 Å². The van der Waals surface area contributed by atoms with Crippen LogP contribution in [0.4, 0.5) is 16.2 Å². The Morgan fingerprint density at radius 2 is 1.69 bits per heavy atom. The molecular weight excluding hydrogens is 440 g/mol. The molecule has 0 saturated carbocycles. The Hall–Kier alpha value is -3.58. The first-order valence-corrected chi connectivity index (χ1v) is 12.4. The summed E-state index contributed by atoms with van der Waals surface area (Å²) in [4.78, 5) is 29.0. The van der Waals surface area contributed by atoms with Gasteiger partial charge in [0.25, 0.3) is 5.91 Å². The van der Waals surface area contributed by atoms with E-state index < -0.39 is 6.09 Å². The van der Waals surface area contributed by atoms with Crippen LogP contribution in [-0.2, 0) is 4.74 Å². The van der Waals surface area contributed by atoms with Crippen molar-refractivity contribution < 1.29 is 14.3 Å². The zero-order chi connectivity index (χ0) is 24.5. The van der Waals surface area contributed by atoms with Crippen molar-refractivity contribution in [3.05, 3.63) is 72.3 Å². The van der Waals surface area contributed by atoms with Crippen LogP contribution in [0.2, 0.25) is 0 Å². The topological polar surface area (TPSA) is 73.9 Å². The highest BCUT2D eigenvalue weighted by atomic mass is 16.5. The third-order valence-corrected chi connectivity index (χ3v) is 6.30. The van der Waals surface area contributed by atoms with E-state index in [9.17, 15) is 9.59 Å². The molecule has 0 radical (unpaired) electrons. The number of piperazine rings is 1. The van der Waals surface area contributed by atoms with Gasteiger partial charge in [0, 0.05) is 49.7 Å². The molecule has 0 bridgehead atoms. The van der Waals surface area contributed by atoms with E-state index in [0.717, 1.165) is 67.7 Å². The summed E-state index contributed by atoms with van der Waals surface area (Å²) in [5, 5.41) is 8.05. The first kappa shape index (κ1) is 24.5. The fraction of sp³-hybridized carbons (Fsp3) is 0.357. The smallest absolute Gasteiger partial charge is 0.411 e. The molecule has 35 heavy (non-hydrogen) atoms. The molecule has 0 unspecified atom stereocenters. The quantitative estimate of drug-likeness (QED) is 0.438. The van der Waals surface area contributed by atoms with Gasteiger partial charge in [0.05, 0.1) is 6.61 Å². The minimum absolute atomic E-state index is 0.0101. The van der Waals surface area contributed by atoms with E-state index >= 15 is 0 Å². The van der Waals surface area contributed by atoms with E-state index in [1.54, 1.807) is 6.92 Å². The van der Waals surface area contributed by atoms with Gasteiger partial charge in [-0.05, 0) is 67.4 Å². The molecule has 1 aliphatic heterocycles. The average molecular weight is 475 g/mol. The molecule has 0 spiro atoms. The number of hydrogen-bond donors (Lipinski definition) is 2. The number of benzene rings is 3. The molecular formula is C28H34N4O3. The summed E-state index contributed by atoms with van der Waals surface area (Å²) in [6, 6.07) is 21.8. The van der Waals surface area contributed by atoms with Crippen LogP contribution in [-0.4, -0.2) is 62.8 Å². The summed E-state index contributed by atoms with van der Waals surface area (Å²) in [6.07, 6.45) is 1.58. The van der Waals surface area contributed by atoms with Crippen molar-refractivity contribution in [1.29, 1.82) is 0 Å². The number of hydrogen-bond acceptors (Lipinski definition) is 5. The summed E-state index contributed by atoms with van der Waals surface area (Å²) in [6.45, 7) is 7.75. The molecule has 4 rings (SSSR count). The fourth-order valence-corrected chi connectivity index (χ4v) is 4.39. The van der Waals surface area contributed by atoms with Crippen LogP contribution in [0.15, 0.2) is 66.7 Å². The number of ether oxygens (including phenoxy) is 1. The first-order valence-electron chi connectivity index (χ1n) is 12.4. The lowest BCUT2D eigenvalue weighted by molar-refractivity contribution is 0.0952. The summed E-state index contributed by atoms with van der Waals surface area (Å²) in [5.74, 6) is -0.0101. The predicted octanol–water partition coefficient (Wildman–Crippen LogP) is 4.74. The van der Waals surface area contributed by atoms with Crippen molar-refractivity contribution in [3.63, 3.8) is 0 Å². The number of rotatable bonds is 9. The summed E-state index contributed by atoms with van der Waals surface area (Å²) >= 11 is 0. The average Bonchev–Trinajstić information content (AvgIpc) is 2.88. The Balaban J connectivity index is 1.14. The van der Waals surface area contributed by atoms with Crippen LogP contribution in [0.3, 0.4) is 0 Å². The largest absolute Gasteiger partial charge is 0.450 e. The maximum absolute atomic E-state index is 12.5. The molecule has 1 aliphatic rings. The van der Waals surface area contributed by atoms with Crippen molar-refractivity contribution in [2.45, 2.75) is 19.8 Å². The third-order valence-electron chi connectivity index (χ3n) is 6.30. The second kappa shape index (κ2) is 12.2. The van der Waals surface area contributed by atoms with Crippen LogP contribution >= 0.6 is 0 Å². The number of carbonyl (C=O) groups is 2. The predicted molar refractivity (Wildman–Crippen MR) is 141 cm³/mol. The molecule has 7 nitrogen and oxygen atoms in total. The molecule has 2 amide bonds. The van der Waals surface area contributed by atoms with Gasteiger partial charge in [-0.15, -0.1) is 0 Å². The number of nitrogens with zero attached hydrogens (tertiary/aromatic N) is 2. The Morgan fingerprint density at radius 1 is 0.886 bits per heavy atom. The first-order chi connectivity index (χ1) is 17.1. The van der Waals surface area contributed by atoms with Gasteiger partial charge in [-0.25, -0.2) is 4.79 Å². The van der Waals surface area contributed by atoms with Crippen LogP contribution in [0.1, 0.15) is 30.1 Å². The molecule has 7 heteroatoms. The highest BCUT2D eigenvalue weighted by molar-refractivity contribution is 5.98. The number of carbonyl (C=O) groups excluding carboxylic acids is 2. The van der Waals surface area contributed by atoms with Gasteiger partial charge >= 0.3 is 6.09 Å². The van der Waals surface area contributed by atoms with E-state index in [1.807, 2.05) is 54.6 Å². The second-order valence-electron chi connectivity index (χ2n) is 8.75. The highest BCUT2D eigenvalue weighted by Gasteiger charge is 2.17. The van der Waals surface area contributed by atoms with Gasteiger partial charge in [-0.2, -0.15) is 0 Å². The molecule has 3 aromatic rings. The lowest BCUT2D eigenvalue weighted by Crippen LogP contribution is -2.46. The Kier molecular flexibility index (Phi) is 8.57. The van der Waals surface area contributed by atoms with Crippen LogP contribution in [0.25, 0.3) is 10.8 Å². The second-order valence-corrected chi connectivity index (χ2v) is 8.75. The zero-order valence-electron chi connectivity index (χ0n) is 20.3. The number of amides is 2. The molecule has 0 aliphatic carbocycles. The number of anilines is 2. The van der Waals surface area contributed by atoms with Crippen LogP contribution in [0, 0.1) is 0 Å². The van der Waals surface area contributed by atoms with Crippen molar-refractivity contribution in [2.75, 3.05) is 56.1 Å². The molecule has 2 N–H and O–H groups in total. The van der Waals surface area contributed by atoms with Gasteiger partial charge in [0.1, 0.15) is 0 Å². The molecule has 184 valence electrons. The zero-order valence-corrected chi connectivity index (χ0v) is 20.3. The van der Waals surface area contributed by atoms with Crippen molar-refractivity contribution in [2.24, 2.45) is 0 Å². The summed E-state index contributed by atoms with van der Waals surface area (Å²) in [5.41, 5.74) is 2.56. The maximum atomic E-state index is 12.5. The monoisotopic (exact) mass is 474 g/mol. The van der Waals surface area contributed by atoms with Gasteiger partial charge in [0.2, 0.25) is 0 Å². The van der Waals surface area contributed by atoms with Gasteiger partial charge in [0.15, 0.2) is 0 Å². The summed E-state index contributed by atoms with van der Waals surface area (Å²) in [7, 11) is 0. The minimum atomic E-state index is -0.428. The SMILES string of the molecule is CCOC(=O)Nc1cccc(N2CCN(CCCCNC(=O)c3ccc4ccccc4c3)CC2)c1. The third kappa shape index (κ3) is 6.96. The Labute approximate surface area is 207 Å². The molecule has 0 aromatic heterocycles. The lowest BCUT2D eigenvalue weighted by atomic mass is 10.1. The van der Waals surface area contributed by atoms with Gasteiger partial charge in [-0.3, -0.25) is 15.0 Å². The Bertz CT molecular complexity index is 1140. The van der Waals surface area contributed by atoms with E-state index in [0.29, 0.717) is 18.7 Å². The van der Waals surface area contributed by atoms with Crippen molar-refractivity contribution in [3.8, 4) is 0 Å². The van der Waals surface area contributed by atoms with E-state index in [1.165, 1.54) is 0 Å². The Morgan fingerprint density at radius 3 is 2.49 bits per heavy atom. The van der Waals surface area contributed by atoms with E-state index in [4.69, 9.17) is 4.74 Å². The van der Waals surface area contributed by atoms with E-state index in [2.05, 4.69) is 32.6 Å². The molecule has 0 atom stereocenters. The normalized spacial score (nSPS) is 14.0. The number of fused-ring (bicyclic) bond motifs is 1. The van der Waals surface area contributed by atoms with Gasteiger partial charge in [-0.1, -0.05) is 36.4 Å². The summed E-state index contributed by atoms with van der Waals surface area (Å²) < 4.78 is 4.96. The van der Waals surface area contributed by atoms with E-state index in [-0.39, 0.29) is 5.91 Å². The molecule has 1 saturated heterocycles. The molecule has 3 aromatic carbocycles. The minimum Gasteiger partial charge on any atom is -0.450 e. The van der Waals surface area contributed by atoms with Gasteiger partial charge < -0.3 is 15.0 Å². The lowest BCUT2D eigenvalue weighted by Gasteiger charge is -2.36. The molecule has 1 fully saturated rings. The van der Waals surface area contributed by atoms with Crippen molar-refractivity contribution >= 4 is 34.1 Å². The van der Waals surface area contributed by atoms with Crippen LogP contribution in [0.5, 0.6) is 0 Å². The number of unbranched alkanes of at least 4 members (excludes halogenated alkanes) is 1. The highest BCUT2D eigenvalue weighted by Crippen LogP contribution is 2.21. The fourth-order valence-electron chi connectivity index (χ4n) is 4.39. The standard InChI is InChI=1S/C28H34N4O3/c1-2-35-28(34)30-25-10-7-11-26(21-25)32-18-16-31(17-19-32)15-6-5-14-29-27(33)24-13-12-22-8-3-4-9-23(22)20-24/h3-4,7-13,20-21H,2,5-6,14-19H2,1H3,(H,29,33)(H,30,34). The maximum Gasteiger partial charge on any atom is 0.411 e. The molecule has 1 heterocycles. The van der Waals surface area contributed by atoms with Crippen LogP contribution < -0.4 is 15.5 Å².